The highest BCUT2D eigenvalue weighted by Crippen LogP contribution is 2.23. The highest BCUT2D eigenvalue weighted by molar-refractivity contribution is 5.77. The third-order valence-corrected chi connectivity index (χ3v) is 2.66. The number of nitrogens with zero attached hydrogens (tertiary/aromatic N) is 3. The van der Waals surface area contributed by atoms with Crippen LogP contribution in [0.1, 0.15) is 25.6 Å². The summed E-state index contributed by atoms with van der Waals surface area (Å²) in [7, 11) is 1.38. The summed E-state index contributed by atoms with van der Waals surface area (Å²) in [4.78, 5) is 16.1. The van der Waals surface area contributed by atoms with Crippen molar-refractivity contribution in [3.63, 3.8) is 0 Å². The molecule has 1 atom stereocenters. The number of esters is 1. The molecular formula is C12H15N3O2. The molecule has 2 aromatic rings. The Morgan fingerprint density at radius 1 is 1.41 bits per heavy atom. The summed E-state index contributed by atoms with van der Waals surface area (Å²) in [6.45, 7) is 3.90. The molecule has 2 aromatic heterocycles. The van der Waals surface area contributed by atoms with Gasteiger partial charge >= 0.3 is 5.97 Å². The molecule has 0 N–H and O–H groups in total. The molecule has 0 aliphatic heterocycles. The minimum atomic E-state index is -0.417. The number of fused-ring (bicyclic) bond motifs is 1. The predicted octanol–water partition coefficient (Wildman–Crippen LogP) is 1.64. The van der Waals surface area contributed by atoms with Crippen LogP contribution in [0.2, 0.25) is 0 Å². The fraction of sp³-hybridized carbons (Fsp3) is 0.417. The number of hydrogen-bond acceptors (Lipinski definition) is 4. The highest BCUT2D eigenvalue weighted by atomic mass is 16.5. The number of carbonyl (C=O) groups excluding carboxylic acids is 1. The Kier molecular flexibility index (Phi) is 3.08. The van der Waals surface area contributed by atoms with E-state index < -0.39 is 5.92 Å². The van der Waals surface area contributed by atoms with Crippen LogP contribution < -0.4 is 0 Å². The maximum absolute atomic E-state index is 11.7. The van der Waals surface area contributed by atoms with E-state index in [1.807, 2.05) is 32.0 Å². The van der Waals surface area contributed by atoms with Crippen LogP contribution in [-0.4, -0.2) is 27.7 Å². The molecule has 0 saturated carbocycles. The van der Waals surface area contributed by atoms with Crippen molar-refractivity contribution in [1.29, 1.82) is 0 Å². The topological polar surface area (TPSA) is 56.5 Å². The standard InChI is InChI=1S/C12H15N3O2/c1-8(2)10(12(16)17-3)11-13-9-6-4-5-7-15(9)14-11/h4-8,10H,1-3H3. The zero-order chi connectivity index (χ0) is 12.4. The minimum absolute atomic E-state index is 0.0971. The van der Waals surface area contributed by atoms with Crippen LogP contribution in [0, 0.1) is 5.92 Å². The average molecular weight is 233 g/mol. The SMILES string of the molecule is COC(=O)C(c1nc2ccccn2n1)C(C)C. The summed E-state index contributed by atoms with van der Waals surface area (Å²) in [6, 6.07) is 5.61. The molecule has 0 fully saturated rings. The highest BCUT2D eigenvalue weighted by Gasteiger charge is 2.29. The Balaban J connectivity index is 2.45. The molecule has 5 heteroatoms. The smallest absolute Gasteiger partial charge is 0.316 e. The second-order valence-corrected chi connectivity index (χ2v) is 4.22. The van der Waals surface area contributed by atoms with Crippen molar-refractivity contribution >= 4 is 11.6 Å². The van der Waals surface area contributed by atoms with Crippen molar-refractivity contribution in [2.45, 2.75) is 19.8 Å². The maximum Gasteiger partial charge on any atom is 0.316 e. The van der Waals surface area contributed by atoms with Crippen molar-refractivity contribution < 1.29 is 9.53 Å². The fourth-order valence-electron chi connectivity index (χ4n) is 1.78. The molecule has 0 bridgehead atoms. The van der Waals surface area contributed by atoms with Crippen molar-refractivity contribution in [1.82, 2.24) is 14.6 Å². The predicted molar refractivity (Wildman–Crippen MR) is 62.6 cm³/mol. The van der Waals surface area contributed by atoms with Crippen LogP contribution >= 0.6 is 0 Å². The zero-order valence-corrected chi connectivity index (χ0v) is 10.1. The monoisotopic (exact) mass is 233 g/mol. The lowest BCUT2D eigenvalue weighted by Gasteiger charge is -2.14. The number of ether oxygens (including phenoxy) is 1. The van der Waals surface area contributed by atoms with Gasteiger partial charge in [-0.15, -0.1) is 0 Å². The van der Waals surface area contributed by atoms with E-state index in [0.29, 0.717) is 5.82 Å². The van der Waals surface area contributed by atoms with Gasteiger partial charge in [0.15, 0.2) is 11.5 Å². The number of aromatic nitrogens is 3. The van der Waals surface area contributed by atoms with Gasteiger partial charge in [0.1, 0.15) is 5.92 Å². The third kappa shape index (κ3) is 2.13. The first-order valence-electron chi connectivity index (χ1n) is 5.52. The number of hydrogen-bond donors (Lipinski definition) is 0. The Hall–Kier alpha value is -1.91. The van der Waals surface area contributed by atoms with Gasteiger partial charge in [0, 0.05) is 6.20 Å². The van der Waals surface area contributed by atoms with Crippen LogP contribution in [0.5, 0.6) is 0 Å². The number of pyridine rings is 1. The van der Waals surface area contributed by atoms with Gasteiger partial charge in [-0.25, -0.2) is 9.50 Å². The minimum Gasteiger partial charge on any atom is -0.468 e. The van der Waals surface area contributed by atoms with E-state index in [2.05, 4.69) is 10.1 Å². The molecule has 5 nitrogen and oxygen atoms in total. The normalized spacial score (nSPS) is 12.9. The lowest BCUT2D eigenvalue weighted by molar-refractivity contribution is -0.143. The van der Waals surface area contributed by atoms with Crippen molar-refractivity contribution in [2.24, 2.45) is 5.92 Å². The molecule has 0 aliphatic carbocycles. The summed E-state index contributed by atoms with van der Waals surface area (Å²) in [5, 5.41) is 4.31. The zero-order valence-electron chi connectivity index (χ0n) is 10.1. The van der Waals surface area contributed by atoms with Crippen LogP contribution in [0.15, 0.2) is 24.4 Å². The van der Waals surface area contributed by atoms with Gasteiger partial charge in [-0.05, 0) is 18.1 Å². The Morgan fingerprint density at radius 3 is 2.76 bits per heavy atom. The molecular weight excluding hydrogens is 218 g/mol. The summed E-state index contributed by atoms with van der Waals surface area (Å²) >= 11 is 0. The van der Waals surface area contributed by atoms with E-state index in [4.69, 9.17) is 4.74 Å². The van der Waals surface area contributed by atoms with Crippen molar-refractivity contribution in [3.05, 3.63) is 30.2 Å². The average Bonchev–Trinajstić information content (AvgIpc) is 2.71. The molecule has 2 heterocycles. The molecule has 1 unspecified atom stereocenters. The number of carbonyl (C=O) groups is 1. The maximum atomic E-state index is 11.7. The lowest BCUT2D eigenvalue weighted by Crippen LogP contribution is -2.21. The molecule has 0 saturated heterocycles. The van der Waals surface area contributed by atoms with Gasteiger partial charge < -0.3 is 4.74 Å². The Labute approximate surface area is 99.4 Å². The molecule has 90 valence electrons. The first-order valence-corrected chi connectivity index (χ1v) is 5.52. The Bertz CT molecular complexity index is 500. The first-order chi connectivity index (χ1) is 8.13. The van der Waals surface area contributed by atoms with E-state index in [1.54, 1.807) is 10.7 Å². The van der Waals surface area contributed by atoms with Crippen molar-refractivity contribution in [3.8, 4) is 0 Å². The van der Waals surface area contributed by atoms with Crippen LogP contribution in [0.25, 0.3) is 5.65 Å². The van der Waals surface area contributed by atoms with Crippen molar-refractivity contribution in [2.75, 3.05) is 7.11 Å². The van der Waals surface area contributed by atoms with Gasteiger partial charge in [-0.2, -0.15) is 5.10 Å². The van der Waals surface area contributed by atoms with Gasteiger partial charge in [-0.3, -0.25) is 4.79 Å². The second kappa shape index (κ2) is 4.53. The molecule has 0 spiro atoms. The number of rotatable bonds is 3. The van der Waals surface area contributed by atoms with Gasteiger partial charge in [-0.1, -0.05) is 19.9 Å². The molecule has 17 heavy (non-hydrogen) atoms. The summed E-state index contributed by atoms with van der Waals surface area (Å²) in [5.41, 5.74) is 0.733. The third-order valence-electron chi connectivity index (χ3n) is 2.66. The molecule has 0 radical (unpaired) electrons. The van der Waals surface area contributed by atoms with Gasteiger partial charge in [0.05, 0.1) is 7.11 Å². The van der Waals surface area contributed by atoms with E-state index >= 15 is 0 Å². The van der Waals surface area contributed by atoms with Crippen LogP contribution in [0.4, 0.5) is 0 Å². The van der Waals surface area contributed by atoms with Gasteiger partial charge in [0.25, 0.3) is 0 Å². The van der Waals surface area contributed by atoms with E-state index in [-0.39, 0.29) is 11.9 Å². The lowest BCUT2D eigenvalue weighted by atomic mass is 9.95. The summed E-state index contributed by atoms with van der Waals surface area (Å²) in [6.07, 6.45) is 1.81. The fourth-order valence-corrected chi connectivity index (χ4v) is 1.78. The number of methoxy groups -OCH3 is 1. The summed E-state index contributed by atoms with van der Waals surface area (Å²) < 4.78 is 6.46. The van der Waals surface area contributed by atoms with E-state index in [0.717, 1.165) is 5.65 Å². The van der Waals surface area contributed by atoms with E-state index in [1.165, 1.54) is 7.11 Å². The summed E-state index contributed by atoms with van der Waals surface area (Å²) in [5.74, 6) is -0.103. The first kappa shape index (κ1) is 11.6. The second-order valence-electron chi connectivity index (χ2n) is 4.22. The Morgan fingerprint density at radius 2 is 2.18 bits per heavy atom. The largest absolute Gasteiger partial charge is 0.468 e. The molecule has 0 aliphatic rings. The van der Waals surface area contributed by atoms with Crippen LogP contribution in [-0.2, 0) is 9.53 Å². The van der Waals surface area contributed by atoms with E-state index in [9.17, 15) is 4.79 Å². The molecule has 0 amide bonds. The quantitative estimate of drug-likeness (QED) is 0.756. The van der Waals surface area contributed by atoms with Gasteiger partial charge in [0.2, 0.25) is 0 Å². The molecule has 2 rings (SSSR count). The van der Waals surface area contributed by atoms with Crippen LogP contribution in [0.3, 0.4) is 0 Å². The molecule has 0 aromatic carbocycles.